The highest BCUT2D eigenvalue weighted by molar-refractivity contribution is 5.91. The molecule has 0 heterocycles. The smallest absolute Gasteiger partial charge is 0.303 e. The Labute approximate surface area is 197 Å². The van der Waals surface area contributed by atoms with Crippen molar-refractivity contribution in [3.05, 3.63) is 29.8 Å². The third-order valence-electron chi connectivity index (χ3n) is 6.13. The topological polar surface area (TPSA) is 46.6 Å². The van der Waals surface area contributed by atoms with Gasteiger partial charge >= 0.3 is 5.97 Å². The molecule has 0 bridgehead atoms. The minimum Gasteiger partial charge on any atom is -0.458 e. The third-order valence-corrected chi connectivity index (χ3v) is 6.13. The van der Waals surface area contributed by atoms with Crippen LogP contribution in [0.25, 0.3) is 0 Å². The Kier molecular flexibility index (Phi) is 15.6. The molecule has 1 rings (SSSR count). The Morgan fingerprint density at radius 1 is 0.750 bits per heavy atom. The zero-order valence-electron chi connectivity index (χ0n) is 21.2. The first-order valence-corrected chi connectivity index (χ1v) is 13.0. The highest BCUT2D eigenvalue weighted by Crippen LogP contribution is 2.22. The molecule has 4 heteroatoms. The van der Waals surface area contributed by atoms with E-state index in [9.17, 15) is 9.59 Å². The molecule has 1 aromatic rings. The number of amides is 1. The number of hydrogen-bond acceptors (Lipinski definition) is 3. The molecule has 182 valence electrons. The van der Waals surface area contributed by atoms with Crippen molar-refractivity contribution < 1.29 is 14.3 Å². The quantitative estimate of drug-likeness (QED) is 0.169. The predicted molar refractivity (Wildman–Crippen MR) is 135 cm³/mol. The van der Waals surface area contributed by atoms with Crippen LogP contribution in [0.3, 0.4) is 0 Å². The molecule has 0 aliphatic heterocycles. The van der Waals surface area contributed by atoms with Crippen LogP contribution in [0.5, 0.6) is 0 Å². The molecule has 0 fully saturated rings. The van der Waals surface area contributed by atoms with Crippen molar-refractivity contribution in [3.63, 3.8) is 0 Å². The van der Waals surface area contributed by atoms with E-state index in [1.54, 1.807) is 6.92 Å². The molecule has 1 aromatic carbocycles. The summed E-state index contributed by atoms with van der Waals surface area (Å²) in [5, 5.41) is 0. The average molecular weight is 446 g/mol. The van der Waals surface area contributed by atoms with Crippen LogP contribution in [-0.2, 0) is 14.3 Å². The van der Waals surface area contributed by atoms with E-state index in [1.165, 1.54) is 90.4 Å². The Balaban J connectivity index is 2.17. The highest BCUT2D eigenvalue weighted by Gasteiger charge is 2.13. The largest absolute Gasteiger partial charge is 0.458 e. The van der Waals surface area contributed by atoms with Crippen LogP contribution < -0.4 is 4.90 Å². The number of rotatable bonds is 18. The Morgan fingerprint density at radius 3 is 1.59 bits per heavy atom. The van der Waals surface area contributed by atoms with Crippen LogP contribution in [0, 0.1) is 0 Å². The van der Waals surface area contributed by atoms with Crippen LogP contribution in [0.15, 0.2) is 24.3 Å². The van der Waals surface area contributed by atoms with Gasteiger partial charge in [-0.15, -0.1) is 0 Å². The summed E-state index contributed by atoms with van der Waals surface area (Å²) in [5.74, 6) is -0.217. The van der Waals surface area contributed by atoms with Crippen molar-refractivity contribution in [1.29, 1.82) is 0 Å². The maximum absolute atomic E-state index is 12.1. The fourth-order valence-electron chi connectivity index (χ4n) is 4.18. The van der Waals surface area contributed by atoms with E-state index in [0.717, 1.165) is 24.2 Å². The van der Waals surface area contributed by atoms with Crippen LogP contribution in [0.1, 0.15) is 129 Å². The normalized spacial score (nSPS) is 11.9. The summed E-state index contributed by atoms with van der Waals surface area (Å²) in [6.45, 7) is 7.92. The maximum Gasteiger partial charge on any atom is 0.303 e. The molecule has 0 saturated heterocycles. The molecular weight excluding hydrogens is 398 g/mol. The second-order valence-corrected chi connectivity index (χ2v) is 9.11. The van der Waals surface area contributed by atoms with E-state index >= 15 is 0 Å². The van der Waals surface area contributed by atoms with Gasteiger partial charge in [0.25, 0.3) is 0 Å². The lowest BCUT2D eigenvalue weighted by atomic mass is 10.0. The predicted octanol–water partition coefficient (Wildman–Crippen LogP) is 8.14. The summed E-state index contributed by atoms with van der Waals surface area (Å²) in [7, 11) is 0. The van der Waals surface area contributed by atoms with Crippen molar-refractivity contribution >= 4 is 17.6 Å². The number of ether oxygens (including phenoxy) is 1. The molecule has 0 spiro atoms. The van der Waals surface area contributed by atoms with E-state index in [0.29, 0.717) is 0 Å². The van der Waals surface area contributed by atoms with Crippen LogP contribution in [0.4, 0.5) is 5.69 Å². The van der Waals surface area contributed by atoms with E-state index < -0.39 is 0 Å². The lowest BCUT2D eigenvalue weighted by Crippen LogP contribution is -2.29. The number of carbonyl (C=O) groups is 2. The summed E-state index contributed by atoms with van der Waals surface area (Å²) in [6.07, 6.45) is 18.4. The van der Waals surface area contributed by atoms with Gasteiger partial charge in [-0.05, 0) is 31.0 Å². The first kappa shape index (κ1) is 28.2. The highest BCUT2D eigenvalue weighted by atomic mass is 16.5. The maximum atomic E-state index is 12.1. The standard InChI is InChI=1S/C28H47NO3/c1-5-6-7-8-9-10-11-12-13-14-15-16-17-18-23-29(25(3)30)28-21-19-27(20-22-28)24(2)32-26(4)31/h19-22,24H,5-18,23H2,1-4H3. The zero-order valence-corrected chi connectivity index (χ0v) is 21.2. The summed E-state index contributed by atoms with van der Waals surface area (Å²) >= 11 is 0. The van der Waals surface area contributed by atoms with Crippen LogP contribution >= 0.6 is 0 Å². The molecule has 4 nitrogen and oxygen atoms in total. The van der Waals surface area contributed by atoms with Gasteiger partial charge in [-0.3, -0.25) is 9.59 Å². The van der Waals surface area contributed by atoms with Gasteiger partial charge in [0, 0.05) is 26.1 Å². The van der Waals surface area contributed by atoms with Crippen molar-refractivity contribution in [2.45, 2.75) is 124 Å². The minimum atomic E-state index is -0.287. The molecule has 0 N–H and O–H groups in total. The SMILES string of the molecule is CCCCCCCCCCCCCCCCN(C(C)=O)c1ccc(C(C)OC(C)=O)cc1. The number of hydrogen-bond donors (Lipinski definition) is 0. The number of unbranched alkanes of at least 4 members (excludes halogenated alkanes) is 13. The summed E-state index contributed by atoms with van der Waals surface area (Å²) in [5.41, 5.74) is 1.84. The lowest BCUT2D eigenvalue weighted by Gasteiger charge is -2.22. The van der Waals surface area contributed by atoms with Gasteiger partial charge < -0.3 is 9.64 Å². The fourth-order valence-corrected chi connectivity index (χ4v) is 4.18. The third kappa shape index (κ3) is 12.9. The molecule has 0 aliphatic carbocycles. The van der Waals surface area contributed by atoms with Gasteiger partial charge in [-0.1, -0.05) is 103 Å². The summed E-state index contributed by atoms with van der Waals surface area (Å²) in [4.78, 5) is 25.1. The molecule has 32 heavy (non-hydrogen) atoms. The number of benzene rings is 1. The second kappa shape index (κ2) is 17.7. The van der Waals surface area contributed by atoms with Crippen molar-refractivity contribution in [2.75, 3.05) is 11.4 Å². The molecule has 0 saturated carbocycles. The second-order valence-electron chi connectivity index (χ2n) is 9.11. The van der Waals surface area contributed by atoms with Gasteiger partial charge in [0.2, 0.25) is 5.91 Å². The Hall–Kier alpha value is -1.84. The van der Waals surface area contributed by atoms with Crippen molar-refractivity contribution in [1.82, 2.24) is 0 Å². The first-order valence-electron chi connectivity index (χ1n) is 13.0. The Bertz CT molecular complexity index is 626. The van der Waals surface area contributed by atoms with E-state index in [2.05, 4.69) is 6.92 Å². The molecule has 1 amide bonds. The summed E-state index contributed by atoms with van der Waals surface area (Å²) < 4.78 is 5.22. The van der Waals surface area contributed by atoms with Gasteiger partial charge in [-0.25, -0.2) is 0 Å². The number of carbonyl (C=O) groups excluding carboxylic acids is 2. The minimum absolute atomic E-state index is 0.0699. The molecule has 1 unspecified atom stereocenters. The first-order chi connectivity index (χ1) is 15.5. The monoisotopic (exact) mass is 445 g/mol. The molecular formula is C28H47NO3. The van der Waals surface area contributed by atoms with Gasteiger partial charge in [0.05, 0.1) is 0 Å². The van der Waals surface area contributed by atoms with Crippen molar-refractivity contribution in [3.8, 4) is 0 Å². The van der Waals surface area contributed by atoms with Crippen molar-refractivity contribution in [2.24, 2.45) is 0 Å². The number of esters is 1. The zero-order chi connectivity index (χ0) is 23.6. The summed E-state index contributed by atoms with van der Waals surface area (Å²) in [6, 6.07) is 7.76. The van der Waals surface area contributed by atoms with E-state index in [-0.39, 0.29) is 18.0 Å². The Morgan fingerprint density at radius 2 is 1.19 bits per heavy atom. The average Bonchev–Trinajstić information content (AvgIpc) is 2.76. The van der Waals surface area contributed by atoms with E-state index in [1.807, 2.05) is 36.1 Å². The number of nitrogens with zero attached hydrogens (tertiary/aromatic N) is 1. The molecule has 0 aromatic heterocycles. The van der Waals surface area contributed by atoms with Gasteiger partial charge in [0.15, 0.2) is 0 Å². The van der Waals surface area contributed by atoms with Gasteiger partial charge in [0.1, 0.15) is 6.10 Å². The van der Waals surface area contributed by atoms with Gasteiger partial charge in [-0.2, -0.15) is 0 Å². The lowest BCUT2D eigenvalue weighted by molar-refractivity contribution is -0.145. The number of anilines is 1. The molecule has 0 aliphatic rings. The van der Waals surface area contributed by atoms with E-state index in [4.69, 9.17) is 4.74 Å². The van der Waals surface area contributed by atoms with Crippen LogP contribution in [-0.4, -0.2) is 18.4 Å². The van der Waals surface area contributed by atoms with Crippen LogP contribution in [0.2, 0.25) is 0 Å². The molecule has 0 radical (unpaired) electrons. The fraction of sp³-hybridized carbons (Fsp3) is 0.714. The molecule has 1 atom stereocenters.